The molecule has 0 aromatic rings. The maximum atomic E-state index is 11.5. The van der Waals surface area contributed by atoms with Gasteiger partial charge in [0, 0.05) is 39.3 Å². The Bertz CT molecular complexity index is 432. The minimum atomic E-state index is -0.396. The Morgan fingerprint density at radius 3 is 2.50 bits per heavy atom. The number of hydrogen-bond donors (Lipinski definition) is 3. The fraction of sp³-hybridized carbons (Fsp3) is 0.882. The average Bonchev–Trinajstić information content (AvgIpc) is 2.95. The normalized spacial score (nSPS) is 22.9. The molecule has 3 unspecified atom stereocenters. The van der Waals surface area contributed by atoms with Crippen LogP contribution in [0.25, 0.3) is 0 Å². The largest absolute Gasteiger partial charge is 0.392 e. The van der Waals surface area contributed by atoms with Crippen LogP contribution < -0.4 is 10.6 Å². The fourth-order valence-electron chi connectivity index (χ4n) is 3.28. The van der Waals surface area contributed by atoms with Crippen molar-refractivity contribution in [3.05, 3.63) is 0 Å². The Labute approximate surface area is 144 Å². The molecular weight excluding hydrogens is 308 g/mol. The number of piperazine rings is 1. The molecule has 3 atom stereocenters. The molecule has 2 rings (SSSR count). The van der Waals surface area contributed by atoms with E-state index in [-0.39, 0.29) is 17.9 Å². The third-order valence-electron chi connectivity index (χ3n) is 5.17. The van der Waals surface area contributed by atoms with Crippen molar-refractivity contribution in [1.82, 2.24) is 20.4 Å². The van der Waals surface area contributed by atoms with Crippen LogP contribution in [0.15, 0.2) is 0 Å². The van der Waals surface area contributed by atoms with Gasteiger partial charge in [0.2, 0.25) is 5.91 Å². The van der Waals surface area contributed by atoms with Crippen molar-refractivity contribution < 1.29 is 14.7 Å². The summed E-state index contributed by atoms with van der Waals surface area (Å²) in [6.07, 6.45) is 2.62. The summed E-state index contributed by atoms with van der Waals surface area (Å²) < 4.78 is 0. The number of nitrogens with zero attached hydrogens (tertiary/aromatic N) is 2. The lowest BCUT2D eigenvalue weighted by atomic mass is 9.92. The molecule has 0 bridgehead atoms. The average molecular weight is 340 g/mol. The molecule has 0 aliphatic carbocycles. The lowest BCUT2D eigenvalue weighted by molar-refractivity contribution is -0.124. The van der Waals surface area contributed by atoms with Gasteiger partial charge in [0.15, 0.2) is 0 Å². The number of rotatable bonds is 9. The Kier molecular flexibility index (Phi) is 7.30. The molecule has 3 N–H and O–H groups in total. The number of urea groups is 1. The molecule has 2 fully saturated rings. The summed E-state index contributed by atoms with van der Waals surface area (Å²) in [5.41, 5.74) is 0. The lowest BCUT2D eigenvalue weighted by Crippen LogP contribution is -2.50. The second-order valence-electron chi connectivity index (χ2n) is 7.32. The maximum Gasteiger partial charge on any atom is 0.317 e. The summed E-state index contributed by atoms with van der Waals surface area (Å²) in [7, 11) is 0. The molecule has 138 valence electrons. The van der Waals surface area contributed by atoms with Gasteiger partial charge in [0.1, 0.15) is 0 Å². The van der Waals surface area contributed by atoms with Crippen LogP contribution >= 0.6 is 0 Å². The van der Waals surface area contributed by atoms with Crippen LogP contribution in [-0.2, 0) is 4.79 Å². The quantitative estimate of drug-likeness (QED) is 0.562. The first-order valence-corrected chi connectivity index (χ1v) is 9.15. The van der Waals surface area contributed by atoms with Crippen molar-refractivity contribution >= 4 is 11.9 Å². The van der Waals surface area contributed by atoms with Gasteiger partial charge in [-0.1, -0.05) is 20.3 Å². The third kappa shape index (κ3) is 5.94. The predicted molar refractivity (Wildman–Crippen MR) is 92.6 cm³/mol. The molecular formula is C17H32N4O3. The van der Waals surface area contributed by atoms with Gasteiger partial charge in [0.05, 0.1) is 12.6 Å². The van der Waals surface area contributed by atoms with Crippen LogP contribution in [0.5, 0.6) is 0 Å². The standard InChI is InChI=1S/C17H32N4O3/c1-13(5-8-21-10-7-19-17(21)24)3-4-14(2)15(22)11-20-9-6-18-16(23)12-20/h13-15,22H,3-12H2,1-2H3,(H,18,23)(H,19,24). The second kappa shape index (κ2) is 9.22. The number of carbonyl (C=O) groups excluding carboxylic acids is 2. The number of aliphatic hydroxyl groups is 1. The minimum absolute atomic E-state index is 0.0423. The third-order valence-corrected chi connectivity index (χ3v) is 5.17. The monoisotopic (exact) mass is 340 g/mol. The Morgan fingerprint density at radius 1 is 1.08 bits per heavy atom. The van der Waals surface area contributed by atoms with Gasteiger partial charge in [-0.05, 0) is 24.7 Å². The van der Waals surface area contributed by atoms with Gasteiger partial charge in [-0.3, -0.25) is 9.69 Å². The maximum absolute atomic E-state index is 11.5. The summed E-state index contributed by atoms with van der Waals surface area (Å²) in [4.78, 5) is 26.8. The van der Waals surface area contributed by atoms with E-state index in [9.17, 15) is 14.7 Å². The van der Waals surface area contributed by atoms with E-state index < -0.39 is 6.10 Å². The number of amides is 3. The van der Waals surface area contributed by atoms with E-state index in [2.05, 4.69) is 24.5 Å². The zero-order chi connectivity index (χ0) is 17.5. The van der Waals surface area contributed by atoms with Crippen LogP contribution in [-0.4, -0.2) is 78.8 Å². The summed E-state index contributed by atoms with van der Waals surface area (Å²) in [6.45, 7) is 9.10. The highest BCUT2D eigenvalue weighted by molar-refractivity contribution is 5.78. The highest BCUT2D eigenvalue weighted by Gasteiger charge is 2.23. The van der Waals surface area contributed by atoms with E-state index in [1.165, 1.54) is 0 Å². The van der Waals surface area contributed by atoms with Crippen LogP contribution in [0.1, 0.15) is 33.1 Å². The van der Waals surface area contributed by atoms with Crippen molar-refractivity contribution in [3.63, 3.8) is 0 Å². The number of nitrogens with one attached hydrogen (secondary N) is 2. The SMILES string of the molecule is CC(CCC(C)C(O)CN1CCNC(=O)C1)CCN1CCNC1=O. The number of carbonyl (C=O) groups is 2. The highest BCUT2D eigenvalue weighted by Crippen LogP contribution is 2.19. The first-order chi connectivity index (χ1) is 11.5. The van der Waals surface area contributed by atoms with Gasteiger partial charge in [-0.25, -0.2) is 4.79 Å². The van der Waals surface area contributed by atoms with Crippen molar-refractivity contribution in [2.24, 2.45) is 11.8 Å². The van der Waals surface area contributed by atoms with E-state index >= 15 is 0 Å². The molecule has 2 aliphatic rings. The molecule has 0 saturated carbocycles. The smallest absolute Gasteiger partial charge is 0.317 e. The van der Waals surface area contributed by atoms with Crippen molar-refractivity contribution in [2.75, 3.05) is 45.8 Å². The molecule has 3 amide bonds. The van der Waals surface area contributed by atoms with Gasteiger partial charge in [-0.15, -0.1) is 0 Å². The fourth-order valence-corrected chi connectivity index (χ4v) is 3.28. The van der Waals surface area contributed by atoms with Crippen molar-refractivity contribution in [1.29, 1.82) is 0 Å². The zero-order valence-electron chi connectivity index (χ0n) is 15.0. The molecule has 2 saturated heterocycles. The van der Waals surface area contributed by atoms with Gasteiger partial charge in [0.25, 0.3) is 0 Å². The Morgan fingerprint density at radius 2 is 1.83 bits per heavy atom. The predicted octanol–water partition coefficient (Wildman–Crippen LogP) is 0.247. The molecule has 0 aromatic heterocycles. The van der Waals surface area contributed by atoms with E-state index in [0.29, 0.717) is 25.6 Å². The molecule has 7 nitrogen and oxygen atoms in total. The lowest BCUT2D eigenvalue weighted by Gasteiger charge is -2.30. The van der Waals surface area contributed by atoms with Gasteiger partial charge < -0.3 is 20.6 Å². The molecule has 2 aliphatic heterocycles. The summed E-state index contributed by atoms with van der Waals surface area (Å²) >= 11 is 0. The number of β-amino-alcohol motifs (C(OH)–C–C–N with tert-alkyl or cyclic N) is 1. The van der Waals surface area contributed by atoms with Crippen LogP contribution in [0.2, 0.25) is 0 Å². The molecule has 24 heavy (non-hydrogen) atoms. The minimum Gasteiger partial charge on any atom is -0.392 e. The summed E-state index contributed by atoms with van der Waals surface area (Å²) in [5.74, 6) is 0.794. The second-order valence-corrected chi connectivity index (χ2v) is 7.32. The number of hydrogen-bond acceptors (Lipinski definition) is 4. The topological polar surface area (TPSA) is 84.9 Å². The molecule has 0 radical (unpaired) electrons. The van der Waals surface area contributed by atoms with E-state index in [4.69, 9.17) is 0 Å². The first-order valence-electron chi connectivity index (χ1n) is 9.15. The van der Waals surface area contributed by atoms with Gasteiger partial charge in [-0.2, -0.15) is 0 Å². The van der Waals surface area contributed by atoms with Crippen LogP contribution in [0, 0.1) is 11.8 Å². The summed E-state index contributed by atoms with van der Waals surface area (Å²) in [6, 6.07) is 0.0524. The Balaban J connectivity index is 1.61. The zero-order valence-corrected chi connectivity index (χ0v) is 15.0. The van der Waals surface area contributed by atoms with Crippen LogP contribution in [0.4, 0.5) is 4.79 Å². The van der Waals surface area contributed by atoms with E-state index in [1.807, 2.05) is 9.80 Å². The highest BCUT2D eigenvalue weighted by atomic mass is 16.3. The van der Waals surface area contributed by atoms with Gasteiger partial charge >= 0.3 is 6.03 Å². The molecule has 0 aromatic carbocycles. The van der Waals surface area contributed by atoms with E-state index in [0.717, 1.165) is 45.4 Å². The Hall–Kier alpha value is -1.34. The molecule has 2 heterocycles. The number of aliphatic hydroxyl groups excluding tert-OH is 1. The molecule has 0 spiro atoms. The summed E-state index contributed by atoms with van der Waals surface area (Å²) in [5, 5.41) is 16.0. The molecule has 7 heteroatoms. The first kappa shape index (κ1) is 19.0. The van der Waals surface area contributed by atoms with Crippen LogP contribution in [0.3, 0.4) is 0 Å². The van der Waals surface area contributed by atoms with Crippen molar-refractivity contribution in [3.8, 4) is 0 Å². The van der Waals surface area contributed by atoms with Crippen molar-refractivity contribution in [2.45, 2.75) is 39.2 Å². The van der Waals surface area contributed by atoms with E-state index in [1.54, 1.807) is 0 Å².